The van der Waals surface area contributed by atoms with Gasteiger partial charge in [-0.05, 0) is 56.3 Å². The normalized spacial score (nSPS) is 26.5. The number of carbonyl (C=O) groups is 2. The molecule has 0 spiro atoms. The Morgan fingerprint density at radius 2 is 1.62 bits per heavy atom. The minimum Gasteiger partial charge on any atom is -1.00 e. The molecule has 0 aromatic rings. The summed E-state index contributed by atoms with van der Waals surface area (Å²) in [5.74, 6) is 1.56. The molecule has 0 amide bonds. The number of aliphatic hydroxyl groups is 2. The molecule has 0 bridgehead atoms. The van der Waals surface area contributed by atoms with E-state index in [-0.39, 0.29) is 68.2 Å². The first-order valence-corrected chi connectivity index (χ1v) is 12.4. The van der Waals surface area contributed by atoms with Gasteiger partial charge < -0.3 is 16.4 Å². The molecule has 2 fully saturated rings. The summed E-state index contributed by atoms with van der Waals surface area (Å²) in [7, 11) is 1.41. The van der Waals surface area contributed by atoms with Gasteiger partial charge in [0.25, 0.3) is 0 Å². The van der Waals surface area contributed by atoms with Gasteiger partial charge in [0.05, 0.1) is 13.2 Å². The molecule has 2 N–H and O–H groups in total. The van der Waals surface area contributed by atoms with Crippen LogP contribution in [-0.2, 0) is 14.3 Å². The number of hydrogen-bond donors (Lipinski definition) is 2. The first-order chi connectivity index (χ1) is 14.5. The number of ether oxygens (including phenoxy) is 1. The predicted molar refractivity (Wildman–Crippen MR) is 131 cm³/mol. The predicted octanol–water partition coefficient (Wildman–Crippen LogP) is 0.994. The van der Waals surface area contributed by atoms with Crippen molar-refractivity contribution in [1.82, 2.24) is 0 Å². The molecule has 0 aromatic heterocycles. The molecule has 0 radical (unpaired) electrons. The van der Waals surface area contributed by atoms with E-state index in [0.29, 0.717) is 30.5 Å². The van der Waals surface area contributed by atoms with E-state index in [1.54, 1.807) is 0 Å². The summed E-state index contributed by atoms with van der Waals surface area (Å²) >= 11 is 0. The molecule has 2 aliphatic carbocycles. The molecule has 2 rings (SSSR count). The van der Waals surface area contributed by atoms with Crippen molar-refractivity contribution in [1.29, 1.82) is 0 Å². The van der Waals surface area contributed by atoms with Crippen LogP contribution in [-0.4, -0.2) is 59.1 Å². The molecule has 0 saturated heterocycles. The average molecular weight is 465 g/mol. The Balaban J connectivity index is -0.000000503. The summed E-state index contributed by atoms with van der Waals surface area (Å²) in [4.78, 5) is 22.9. The van der Waals surface area contributed by atoms with E-state index in [2.05, 4.69) is 18.6 Å². The van der Waals surface area contributed by atoms with E-state index < -0.39 is 0 Å². The molecular weight excluding hydrogens is 414 g/mol. The van der Waals surface area contributed by atoms with E-state index in [1.165, 1.54) is 39.2 Å². The van der Waals surface area contributed by atoms with Crippen molar-refractivity contribution in [2.75, 3.05) is 13.7 Å². The van der Waals surface area contributed by atoms with Gasteiger partial charge in [-0.15, -0.1) is 0 Å². The number of Topliss-reactive ketones (excluding diaryl/α,β-unsaturated/α-hetero) is 1. The van der Waals surface area contributed by atoms with Crippen LogP contribution < -0.4 is 18.9 Å². The van der Waals surface area contributed by atoms with Crippen LogP contribution in [0.5, 0.6) is 0 Å². The Morgan fingerprint density at radius 1 is 1.00 bits per heavy atom. The van der Waals surface area contributed by atoms with Gasteiger partial charge in [-0.25, -0.2) is 0 Å². The van der Waals surface area contributed by atoms with Crippen molar-refractivity contribution >= 4 is 29.1 Å². The second kappa shape index (κ2) is 20.6. The summed E-state index contributed by atoms with van der Waals surface area (Å²) in [6, 6.07) is 0. The molecule has 0 aliphatic heterocycles. The molecule has 32 heavy (non-hydrogen) atoms. The zero-order valence-corrected chi connectivity index (χ0v) is 20.6. The molecular formula is C25H50AlLiO5. The number of esters is 1. The minimum absolute atomic E-state index is 0. The Hall–Kier alpha value is 0.190. The molecule has 5 nitrogen and oxygen atoms in total. The molecule has 0 heterocycles. The fraction of sp³-hybridized carbons (Fsp3) is 0.920. The van der Waals surface area contributed by atoms with Crippen molar-refractivity contribution in [3.63, 3.8) is 0 Å². The zero-order chi connectivity index (χ0) is 22.4. The van der Waals surface area contributed by atoms with Gasteiger partial charge in [0.1, 0.15) is 5.78 Å². The van der Waals surface area contributed by atoms with Gasteiger partial charge in [-0.2, -0.15) is 0 Å². The second-order valence-corrected chi connectivity index (χ2v) is 9.22. The number of methoxy groups -OCH3 is 1. The van der Waals surface area contributed by atoms with Gasteiger partial charge in [0.15, 0.2) is 17.4 Å². The summed E-state index contributed by atoms with van der Waals surface area (Å²) in [6.45, 7) is 4.64. The van der Waals surface area contributed by atoms with Crippen LogP contribution >= 0.6 is 0 Å². The topological polar surface area (TPSA) is 83.8 Å². The number of hydrogen-bond acceptors (Lipinski definition) is 5. The van der Waals surface area contributed by atoms with Gasteiger partial charge in [-0.1, -0.05) is 52.4 Å². The third kappa shape index (κ3) is 12.6. The summed E-state index contributed by atoms with van der Waals surface area (Å²) in [5.41, 5.74) is 0. The van der Waals surface area contributed by atoms with Crippen LogP contribution in [0.4, 0.5) is 0 Å². The summed E-state index contributed by atoms with van der Waals surface area (Å²) < 4.78 is 4.67. The Kier molecular flexibility index (Phi) is 22.1. The van der Waals surface area contributed by atoms with Gasteiger partial charge >= 0.3 is 24.8 Å². The SMILES string of the molecule is CCCCC[C@H]1C(=O)CC[C@@H]1CC(=O)OC.CCCCC[C@H]1C(O)CC[C@@H]1CCO.[AlH3].[H-].[Li+]. The maximum atomic E-state index is 11.7. The van der Waals surface area contributed by atoms with Crippen LogP contribution in [0, 0.1) is 23.7 Å². The van der Waals surface area contributed by atoms with E-state index in [1.807, 2.05) is 0 Å². The number of ketones is 1. The van der Waals surface area contributed by atoms with Crippen molar-refractivity contribution in [2.24, 2.45) is 23.7 Å². The maximum Gasteiger partial charge on any atom is 1.00 e. The molecule has 2 saturated carbocycles. The van der Waals surface area contributed by atoms with E-state index in [9.17, 15) is 14.7 Å². The Morgan fingerprint density at radius 3 is 2.19 bits per heavy atom. The smallest absolute Gasteiger partial charge is 1.00 e. The number of aliphatic hydroxyl groups excluding tert-OH is 2. The van der Waals surface area contributed by atoms with Crippen LogP contribution in [0.2, 0.25) is 0 Å². The first-order valence-electron chi connectivity index (χ1n) is 12.4. The average Bonchev–Trinajstić information content (AvgIpc) is 3.26. The Labute approximate surface area is 220 Å². The molecule has 184 valence electrons. The maximum absolute atomic E-state index is 11.7. The number of unbranched alkanes of at least 4 members (excludes halogenated alkanes) is 4. The monoisotopic (exact) mass is 464 g/mol. The summed E-state index contributed by atoms with van der Waals surface area (Å²) in [5, 5.41) is 18.7. The van der Waals surface area contributed by atoms with Crippen molar-refractivity contribution in [2.45, 2.75) is 110 Å². The molecule has 5 atom stereocenters. The minimum atomic E-state index is -0.180. The number of rotatable bonds is 12. The molecule has 1 unspecified atom stereocenters. The third-order valence-corrected chi connectivity index (χ3v) is 7.09. The quantitative estimate of drug-likeness (QED) is 0.256. The molecule has 0 aromatic carbocycles. The van der Waals surface area contributed by atoms with Crippen molar-refractivity contribution in [3.8, 4) is 0 Å². The summed E-state index contributed by atoms with van der Waals surface area (Å²) in [6.07, 6.45) is 14.1. The largest absolute Gasteiger partial charge is 1.00 e. The van der Waals surface area contributed by atoms with Crippen LogP contribution in [0.15, 0.2) is 0 Å². The van der Waals surface area contributed by atoms with Gasteiger partial charge in [0.2, 0.25) is 0 Å². The molecule has 2 aliphatic rings. The number of carbonyl (C=O) groups excluding carboxylic acids is 2. The van der Waals surface area contributed by atoms with Crippen molar-refractivity contribution in [3.05, 3.63) is 0 Å². The first kappa shape index (κ1) is 34.4. The van der Waals surface area contributed by atoms with Crippen LogP contribution in [0.25, 0.3) is 0 Å². The Bertz CT molecular complexity index is 495. The second-order valence-electron chi connectivity index (χ2n) is 9.22. The van der Waals surface area contributed by atoms with E-state index >= 15 is 0 Å². The van der Waals surface area contributed by atoms with Gasteiger partial charge in [0, 0.05) is 25.4 Å². The van der Waals surface area contributed by atoms with Crippen molar-refractivity contribution < 1.29 is 44.8 Å². The standard InChI is InChI=1S/C13H22O3.C12H24O2.Al.Li.4H/c1-3-4-5-6-11-10(7-8-12(11)14)9-13(15)16-2;1-2-3-4-5-11-10(8-9-13)6-7-12(11)14;;;;;;/h10-11H,3-9H2,1-2H3;10-14H,2-9H2,1H3;;;;;;/q;;;+1;;;;-1/t10-,11-;10-,11-,12?;;;;;;/m11....../s1. The third-order valence-electron chi connectivity index (χ3n) is 7.09. The van der Waals surface area contributed by atoms with E-state index in [0.717, 1.165) is 44.9 Å². The van der Waals surface area contributed by atoms with Crippen LogP contribution in [0.3, 0.4) is 0 Å². The van der Waals surface area contributed by atoms with Crippen LogP contribution in [0.1, 0.15) is 105 Å². The van der Waals surface area contributed by atoms with E-state index in [4.69, 9.17) is 5.11 Å². The zero-order valence-electron chi connectivity index (χ0n) is 21.6. The fourth-order valence-electron chi connectivity index (χ4n) is 5.24. The fourth-order valence-corrected chi connectivity index (χ4v) is 5.24. The molecule has 7 heteroatoms. The van der Waals surface area contributed by atoms with Gasteiger partial charge in [-0.3, -0.25) is 9.59 Å².